The first-order valence-corrected chi connectivity index (χ1v) is 7.65. The number of nitrogens with one attached hydrogen (secondary N) is 1. The zero-order valence-corrected chi connectivity index (χ0v) is 13.8. The number of nitrogens with zero attached hydrogens (tertiary/aromatic N) is 3. The standard InChI is InChI=1S/C17H17N5O3/c1-10(2)22-9-11(5-6-14(22)23)12-8-19-17(21-16(18)24)20-15(12)13-4-3-7-25-13/h3-10H,1-2H3,(H3,18,19,20,21,24). The Hall–Kier alpha value is -3.42. The van der Waals surface area contributed by atoms with E-state index in [1.54, 1.807) is 35.2 Å². The van der Waals surface area contributed by atoms with Crippen molar-refractivity contribution in [1.82, 2.24) is 14.5 Å². The van der Waals surface area contributed by atoms with Gasteiger partial charge in [-0.2, -0.15) is 0 Å². The van der Waals surface area contributed by atoms with Crippen molar-refractivity contribution < 1.29 is 9.21 Å². The number of carbonyl (C=O) groups excluding carboxylic acids is 1. The van der Waals surface area contributed by atoms with Crippen molar-refractivity contribution in [3.05, 3.63) is 53.3 Å². The number of hydrogen-bond donors (Lipinski definition) is 2. The molecule has 3 aromatic heterocycles. The molecule has 0 aliphatic rings. The molecular weight excluding hydrogens is 322 g/mol. The Morgan fingerprint density at radius 2 is 2.12 bits per heavy atom. The summed E-state index contributed by atoms with van der Waals surface area (Å²) >= 11 is 0. The molecule has 0 atom stereocenters. The largest absolute Gasteiger partial charge is 0.463 e. The first-order valence-electron chi connectivity index (χ1n) is 7.65. The molecule has 25 heavy (non-hydrogen) atoms. The smallest absolute Gasteiger partial charge is 0.319 e. The number of hydrogen-bond acceptors (Lipinski definition) is 5. The van der Waals surface area contributed by atoms with E-state index in [4.69, 9.17) is 10.2 Å². The summed E-state index contributed by atoms with van der Waals surface area (Å²) in [7, 11) is 0. The number of furan rings is 1. The predicted molar refractivity (Wildman–Crippen MR) is 93.0 cm³/mol. The zero-order chi connectivity index (χ0) is 18.0. The Balaban J connectivity index is 2.17. The lowest BCUT2D eigenvalue weighted by Gasteiger charge is -2.13. The van der Waals surface area contributed by atoms with E-state index >= 15 is 0 Å². The minimum absolute atomic E-state index is 0.0104. The van der Waals surface area contributed by atoms with Crippen LogP contribution in [0.15, 0.2) is 52.1 Å². The monoisotopic (exact) mass is 339 g/mol. The van der Waals surface area contributed by atoms with E-state index in [2.05, 4.69) is 15.3 Å². The summed E-state index contributed by atoms with van der Waals surface area (Å²) in [6.07, 6.45) is 4.83. The van der Waals surface area contributed by atoms with E-state index in [1.807, 2.05) is 13.8 Å². The molecule has 2 amide bonds. The predicted octanol–water partition coefficient (Wildman–Crippen LogP) is 2.64. The molecule has 0 aliphatic carbocycles. The van der Waals surface area contributed by atoms with Crippen molar-refractivity contribution in [2.75, 3.05) is 5.32 Å². The summed E-state index contributed by atoms with van der Waals surface area (Å²) in [6.45, 7) is 3.85. The van der Waals surface area contributed by atoms with Gasteiger partial charge in [-0.05, 0) is 32.0 Å². The van der Waals surface area contributed by atoms with Gasteiger partial charge in [0.05, 0.1) is 6.26 Å². The molecule has 8 nitrogen and oxygen atoms in total. The summed E-state index contributed by atoms with van der Waals surface area (Å²) in [5, 5.41) is 2.34. The van der Waals surface area contributed by atoms with Crippen LogP contribution >= 0.6 is 0 Å². The number of aromatic nitrogens is 3. The first kappa shape index (κ1) is 16.4. The Morgan fingerprint density at radius 3 is 2.76 bits per heavy atom. The second kappa shape index (κ2) is 6.60. The van der Waals surface area contributed by atoms with Gasteiger partial charge in [-0.1, -0.05) is 0 Å². The molecule has 3 rings (SSSR count). The van der Waals surface area contributed by atoms with E-state index in [0.717, 1.165) is 5.56 Å². The van der Waals surface area contributed by atoms with Crippen LogP contribution in [0.5, 0.6) is 0 Å². The normalized spacial score (nSPS) is 10.8. The number of amides is 2. The van der Waals surface area contributed by atoms with Gasteiger partial charge >= 0.3 is 6.03 Å². The molecule has 0 radical (unpaired) electrons. The number of anilines is 1. The summed E-state index contributed by atoms with van der Waals surface area (Å²) in [5.41, 5.74) is 6.93. The lowest BCUT2D eigenvalue weighted by Crippen LogP contribution is -2.21. The highest BCUT2D eigenvalue weighted by Crippen LogP contribution is 2.30. The van der Waals surface area contributed by atoms with Crippen molar-refractivity contribution in [2.24, 2.45) is 5.73 Å². The van der Waals surface area contributed by atoms with Crippen LogP contribution in [0.2, 0.25) is 0 Å². The molecule has 3 heterocycles. The average molecular weight is 339 g/mol. The minimum Gasteiger partial charge on any atom is -0.463 e. The molecule has 3 N–H and O–H groups in total. The fraction of sp³-hybridized carbons (Fsp3) is 0.176. The Kier molecular flexibility index (Phi) is 4.34. The highest BCUT2D eigenvalue weighted by atomic mass is 16.3. The third-order valence-electron chi connectivity index (χ3n) is 3.58. The number of carbonyl (C=O) groups is 1. The number of urea groups is 1. The quantitative estimate of drug-likeness (QED) is 0.758. The summed E-state index contributed by atoms with van der Waals surface area (Å²) in [5.74, 6) is 0.576. The fourth-order valence-corrected chi connectivity index (χ4v) is 2.43. The first-order chi connectivity index (χ1) is 12.0. The van der Waals surface area contributed by atoms with Crippen LogP contribution in [-0.2, 0) is 0 Å². The maximum Gasteiger partial charge on any atom is 0.319 e. The lowest BCUT2D eigenvalue weighted by atomic mass is 10.1. The molecule has 0 spiro atoms. The van der Waals surface area contributed by atoms with Crippen LogP contribution in [-0.4, -0.2) is 20.6 Å². The van der Waals surface area contributed by atoms with Gasteiger partial charge in [0.15, 0.2) is 5.76 Å². The molecule has 0 unspecified atom stereocenters. The number of rotatable bonds is 4. The minimum atomic E-state index is -0.758. The lowest BCUT2D eigenvalue weighted by molar-refractivity contribution is 0.259. The highest BCUT2D eigenvalue weighted by molar-refractivity contribution is 5.87. The summed E-state index contributed by atoms with van der Waals surface area (Å²) in [4.78, 5) is 31.5. The Morgan fingerprint density at radius 1 is 1.32 bits per heavy atom. The molecule has 0 bridgehead atoms. The van der Waals surface area contributed by atoms with Crippen molar-refractivity contribution in [3.8, 4) is 22.6 Å². The molecule has 0 fully saturated rings. The van der Waals surface area contributed by atoms with Crippen LogP contribution in [0.4, 0.5) is 10.7 Å². The average Bonchev–Trinajstić information content (AvgIpc) is 3.09. The van der Waals surface area contributed by atoms with Crippen LogP contribution in [0, 0.1) is 0 Å². The van der Waals surface area contributed by atoms with Crippen LogP contribution < -0.4 is 16.6 Å². The van der Waals surface area contributed by atoms with Gasteiger partial charge in [0.1, 0.15) is 5.69 Å². The third kappa shape index (κ3) is 3.42. The maximum atomic E-state index is 12.0. The molecular formula is C17H17N5O3. The Labute approximate surface area is 143 Å². The Bertz CT molecular complexity index is 961. The van der Waals surface area contributed by atoms with E-state index in [0.29, 0.717) is 17.0 Å². The van der Waals surface area contributed by atoms with Crippen LogP contribution in [0.25, 0.3) is 22.6 Å². The van der Waals surface area contributed by atoms with Gasteiger partial charge in [-0.15, -0.1) is 0 Å². The van der Waals surface area contributed by atoms with Crippen molar-refractivity contribution >= 4 is 12.0 Å². The van der Waals surface area contributed by atoms with Crippen molar-refractivity contribution in [2.45, 2.75) is 19.9 Å². The van der Waals surface area contributed by atoms with E-state index < -0.39 is 6.03 Å². The maximum absolute atomic E-state index is 12.0. The van der Waals surface area contributed by atoms with Gasteiger partial charge in [0, 0.05) is 35.6 Å². The van der Waals surface area contributed by atoms with Gasteiger partial charge in [0.25, 0.3) is 5.56 Å². The molecule has 8 heteroatoms. The molecule has 0 aromatic carbocycles. The van der Waals surface area contributed by atoms with Crippen molar-refractivity contribution in [3.63, 3.8) is 0 Å². The third-order valence-corrected chi connectivity index (χ3v) is 3.58. The summed E-state index contributed by atoms with van der Waals surface area (Å²) in [6, 6.07) is 5.93. The topological polar surface area (TPSA) is 116 Å². The molecule has 0 saturated heterocycles. The number of primary amides is 1. The second-order valence-corrected chi connectivity index (χ2v) is 5.68. The van der Waals surface area contributed by atoms with Gasteiger partial charge in [-0.25, -0.2) is 14.8 Å². The number of pyridine rings is 1. The van der Waals surface area contributed by atoms with Crippen LogP contribution in [0.1, 0.15) is 19.9 Å². The van der Waals surface area contributed by atoms with E-state index in [1.165, 1.54) is 12.3 Å². The zero-order valence-electron chi connectivity index (χ0n) is 13.8. The van der Waals surface area contributed by atoms with E-state index in [9.17, 15) is 9.59 Å². The highest BCUT2D eigenvalue weighted by Gasteiger charge is 2.15. The van der Waals surface area contributed by atoms with Gasteiger partial charge < -0.3 is 14.7 Å². The molecule has 0 aliphatic heterocycles. The fourth-order valence-electron chi connectivity index (χ4n) is 2.43. The second-order valence-electron chi connectivity index (χ2n) is 5.68. The molecule has 128 valence electrons. The van der Waals surface area contributed by atoms with Gasteiger partial charge in [0.2, 0.25) is 5.95 Å². The molecule has 0 saturated carbocycles. The van der Waals surface area contributed by atoms with Crippen molar-refractivity contribution in [1.29, 1.82) is 0 Å². The molecule has 3 aromatic rings. The number of nitrogens with two attached hydrogens (primary N) is 1. The van der Waals surface area contributed by atoms with E-state index in [-0.39, 0.29) is 17.5 Å². The SMILES string of the molecule is CC(C)n1cc(-c2cnc(NC(N)=O)nc2-c2ccco2)ccc1=O. The van der Waals surface area contributed by atoms with Crippen LogP contribution in [0.3, 0.4) is 0 Å². The van der Waals surface area contributed by atoms with Gasteiger partial charge in [-0.3, -0.25) is 10.1 Å². The summed E-state index contributed by atoms with van der Waals surface area (Å²) < 4.78 is 7.06.